The van der Waals surface area contributed by atoms with Crippen LogP contribution < -0.4 is 14.8 Å². The van der Waals surface area contributed by atoms with Gasteiger partial charge >= 0.3 is 0 Å². The number of ether oxygens (including phenoxy) is 1. The molecule has 0 aliphatic rings. The van der Waals surface area contributed by atoms with Crippen molar-refractivity contribution < 1.29 is 13.2 Å². The average molecular weight is 437 g/mol. The number of hydrogen-bond acceptors (Lipinski definition) is 7. The molecule has 0 spiro atoms. The van der Waals surface area contributed by atoms with E-state index >= 15 is 0 Å². The first-order valence-electron chi connectivity index (χ1n) is 8.74. The van der Waals surface area contributed by atoms with Crippen LogP contribution in [0.2, 0.25) is 5.02 Å². The van der Waals surface area contributed by atoms with Crippen molar-refractivity contribution in [1.82, 2.24) is 24.7 Å². The summed E-state index contributed by atoms with van der Waals surface area (Å²) in [4.78, 5) is 0.0670. The van der Waals surface area contributed by atoms with Gasteiger partial charge < -0.3 is 10.1 Å². The molecule has 0 saturated heterocycles. The van der Waals surface area contributed by atoms with Gasteiger partial charge in [-0.1, -0.05) is 11.6 Å². The maximum atomic E-state index is 12.4. The molecule has 0 amide bonds. The molecule has 0 unspecified atom stereocenters. The molecule has 11 heteroatoms. The maximum Gasteiger partial charge on any atom is 0.240 e. The van der Waals surface area contributed by atoms with Crippen LogP contribution in [0.25, 0.3) is 5.82 Å². The lowest BCUT2D eigenvalue weighted by Crippen LogP contribution is -2.29. The molecule has 9 nitrogen and oxygen atoms in total. The summed E-state index contributed by atoms with van der Waals surface area (Å²) in [7, 11) is -2.22. The van der Waals surface area contributed by atoms with E-state index in [0.717, 1.165) is 11.4 Å². The van der Waals surface area contributed by atoms with Gasteiger partial charge in [0.05, 0.1) is 22.7 Å². The summed E-state index contributed by atoms with van der Waals surface area (Å²) in [5.41, 5.74) is 1.86. The van der Waals surface area contributed by atoms with Crippen molar-refractivity contribution in [2.24, 2.45) is 0 Å². The summed E-state index contributed by atoms with van der Waals surface area (Å²) in [6, 6.07) is 9.79. The van der Waals surface area contributed by atoms with Crippen molar-refractivity contribution in [2.75, 3.05) is 25.5 Å². The number of aryl methyl sites for hydroxylation is 2. The molecule has 2 N–H and O–H groups in total. The zero-order chi connectivity index (χ0) is 21.0. The van der Waals surface area contributed by atoms with Crippen LogP contribution in [-0.2, 0) is 10.0 Å². The molecule has 1 aromatic carbocycles. The number of sulfonamides is 1. The Balaban J connectivity index is 1.55. The minimum Gasteiger partial charge on any atom is -0.495 e. The third kappa shape index (κ3) is 5.03. The summed E-state index contributed by atoms with van der Waals surface area (Å²) in [5.74, 6) is 1.55. The Morgan fingerprint density at radius 3 is 2.48 bits per heavy atom. The van der Waals surface area contributed by atoms with Gasteiger partial charge in [-0.05, 0) is 50.2 Å². The van der Waals surface area contributed by atoms with E-state index in [0.29, 0.717) is 23.9 Å². The highest BCUT2D eigenvalue weighted by molar-refractivity contribution is 7.89. The number of halogens is 1. The highest BCUT2D eigenvalue weighted by Crippen LogP contribution is 2.26. The molecule has 3 aromatic rings. The van der Waals surface area contributed by atoms with E-state index in [4.69, 9.17) is 16.3 Å². The molecule has 29 heavy (non-hydrogen) atoms. The standard InChI is InChI=1S/C18H21ClN6O3S/c1-12-10-13(2)25(24-12)18-7-6-17(22-23-18)20-8-9-21-29(26,27)14-4-5-16(28-3)15(19)11-14/h4-7,10-11,21H,8-9H2,1-3H3,(H,20,22). The molecular weight excluding hydrogens is 416 g/mol. The van der Waals surface area contributed by atoms with Gasteiger partial charge in [0.15, 0.2) is 5.82 Å². The van der Waals surface area contributed by atoms with Crippen molar-refractivity contribution in [1.29, 1.82) is 0 Å². The van der Waals surface area contributed by atoms with Crippen LogP contribution in [-0.4, -0.2) is 48.6 Å². The van der Waals surface area contributed by atoms with E-state index in [9.17, 15) is 8.42 Å². The van der Waals surface area contributed by atoms with Crippen LogP contribution in [0, 0.1) is 13.8 Å². The van der Waals surface area contributed by atoms with Gasteiger partial charge in [0, 0.05) is 18.8 Å². The quantitative estimate of drug-likeness (QED) is 0.521. The summed E-state index contributed by atoms with van der Waals surface area (Å²) >= 11 is 5.99. The molecule has 154 valence electrons. The summed E-state index contributed by atoms with van der Waals surface area (Å²) in [6.07, 6.45) is 0. The number of hydrogen-bond donors (Lipinski definition) is 2. The Hall–Kier alpha value is -2.69. The van der Waals surface area contributed by atoms with Crippen molar-refractivity contribution in [3.05, 3.63) is 52.8 Å². The van der Waals surface area contributed by atoms with E-state index in [-0.39, 0.29) is 16.5 Å². The van der Waals surface area contributed by atoms with Crippen molar-refractivity contribution in [2.45, 2.75) is 18.7 Å². The third-order valence-electron chi connectivity index (χ3n) is 4.03. The van der Waals surface area contributed by atoms with Crippen molar-refractivity contribution in [3.8, 4) is 11.6 Å². The van der Waals surface area contributed by atoms with E-state index in [1.165, 1.54) is 25.3 Å². The normalized spacial score (nSPS) is 11.4. The van der Waals surface area contributed by atoms with Crippen molar-refractivity contribution in [3.63, 3.8) is 0 Å². The molecule has 0 saturated carbocycles. The number of nitrogens with one attached hydrogen (secondary N) is 2. The Kier molecular flexibility index (Phi) is 6.36. The molecule has 0 radical (unpaired) electrons. The Bertz CT molecular complexity index is 1100. The molecule has 3 rings (SSSR count). The Labute approximate surface area is 174 Å². The van der Waals surface area contributed by atoms with Gasteiger partial charge in [-0.2, -0.15) is 5.10 Å². The minimum atomic E-state index is -3.69. The lowest BCUT2D eigenvalue weighted by atomic mass is 10.3. The highest BCUT2D eigenvalue weighted by Gasteiger charge is 2.15. The molecule has 2 aromatic heterocycles. The zero-order valence-electron chi connectivity index (χ0n) is 16.2. The smallest absolute Gasteiger partial charge is 0.240 e. The van der Waals surface area contributed by atoms with E-state index in [2.05, 4.69) is 25.3 Å². The minimum absolute atomic E-state index is 0.0670. The van der Waals surface area contributed by atoms with E-state index in [1.807, 2.05) is 19.9 Å². The first-order chi connectivity index (χ1) is 13.8. The molecule has 0 aliphatic carbocycles. The van der Waals surface area contributed by atoms with Crippen LogP contribution >= 0.6 is 11.6 Å². The van der Waals surface area contributed by atoms with Gasteiger partial charge in [0.25, 0.3) is 0 Å². The van der Waals surface area contributed by atoms with Gasteiger partial charge in [0.1, 0.15) is 11.6 Å². The van der Waals surface area contributed by atoms with Gasteiger partial charge in [-0.25, -0.2) is 17.8 Å². The predicted molar refractivity (Wildman–Crippen MR) is 110 cm³/mol. The molecule has 0 bridgehead atoms. The van der Waals surface area contributed by atoms with Crippen LogP contribution in [0.4, 0.5) is 5.82 Å². The third-order valence-corrected chi connectivity index (χ3v) is 5.79. The monoisotopic (exact) mass is 436 g/mol. The Morgan fingerprint density at radius 1 is 1.10 bits per heavy atom. The summed E-state index contributed by atoms with van der Waals surface area (Å²) in [5, 5.41) is 15.9. The van der Waals surface area contributed by atoms with Gasteiger partial charge in [-0.15, -0.1) is 10.2 Å². The summed E-state index contributed by atoms with van der Waals surface area (Å²) < 4.78 is 34.0. The fourth-order valence-electron chi connectivity index (χ4n) is 2.67. The van der Waals surface area contributed by atoms with Gasteiger partial charge in [0.2, 0.25) is 10.0 Å². The fraction of sp³-hybridized carbons (Fsp3) is 0.278. The number of benzene rings is 1. The molecule has 0 atom stereocenters. The second-order valence-electron chi connectivity index (χ2n) is 6.24. The SMILES string of the molecule is COc1ccc(S(=O)(=O)NCCNc2ccc(-n3nc(C)cc3C)nn2)cc1Cl. The number of anilines is 1. The first kappa shape index (κ1) is 21.0. The van der Waals surface area contributed by atoms with E-state index in [1.54, 1.807) is 16.8 Å². The molecular formula is C18H21ClN6O3S. The number of nitrogens with zero attached hydrogens (tertiary/aromatic N) is 4. The number of rotatable bonds is 8. The highest BCUT2D eigenvalue weighted by atomic mass is 35.5. The average Bonchev–Trinajstić information content (AvgIpc) is 3.03. The van der Waals surface area contributed by atoms with Crippen molar-refractivity contribution >= 4 is 27.4 Å². The molecule has 2 heterocycles. The number of methoxy groups -OCH3 is 1. The Morgan fingerprint density at radius 2 is 1.90 bits per heavy atom. The maximum absolute atomic E-state index is 12.4. The van der Waals surface area contributed by atoms with Crippen LogP contribution in [0.1, 0.15) is 11.4 Å². The lowest BCUT2D eigenvalue weighted by Gasteiger charge is -2.10. The largest absolute Gasteiger partial charge is 0.495 e. The van der Waals surface area contributed by atoms with Crippen LogP contribution in [0.3, 0.4) is 0 Å². The predicted octanol–water partition coefficient (Wildman–Crippen LogP) is 2.33. The number of aromatic nitrogens is 4. The van der Waals surface area contributed by atoms with E-state index < -0.39 is 10.0 Å². The van der Waals surface area contributed by atoms with Crippen LogP contribution in [0.15, 0.2) is 41.3 Å². The second kappa shape index (κ2) is 8.76. The lowest BCUT2D eigenvalue weighted by molar-refractivity contribution is 0.414. The molecule has 0 fully saturated rings. The fourth-order valence-corrected chi connectivity index (χ4v) is 4.05. The molecule has 0 aliphatic heterocycles. The first-order valence-corrected chi connectivity index (χ1v) is 10.6. The second-order valence-corrected chi connectivity index (χ2v) is 8.41. The topological polar surface area (TPSA) is 111 Å². The zero-order valence-corrected chi connectivity index (χ0v) is 17.8. The summed E-state index contributed by atoms with van der Waals surface area (Å²) in [6.45, 7) is 4.34. The van der Waals surface area contributed by atoms with Crippen LogP contribution in [0.5, 0.6) is 5.75 Å². The van der Waals surface area contributed by atoms with Gasteiger partial charge in [-0.3, -0.25) is 0 Å².